The Labute approximate surface area is 104 Å². The van der Waals surface area contributed by atoms with E-state index in [4.69, 9.17) is 4.74 Å². The average Bonchev–Trinajstić information content (AvgIpc) is 2.68. The van der Waals surface area contributed by atoms with Crippen LogP contribution in [0.4, 0.5) is 4.79 Å². The summed E-state index contributed by atoms with van der Waals surface area (Å²) in [5.74, 6) is -0.136. The van der Waals surface area contributed by atoms with Crippen molar-refractivity contribution < 1.29 is 14.3 Å². The fraction of sp³-hybridized carbons (Fsp3) is 0.308. The normalized spacial score (nSPS) is 30.3. The number of nitrogens with zero attached hydrogens (tertiary/aromatic N) is 1. The Morgan fingerprint density at radius 1 is 1.33 bits per heavy atom. The second-order valence-electron chi connectivity index (χ2n) is 4.58. The Morgan fingerprint density at radius 2 is 2.06 bits per heavy atom. The highest BCUT2D eigenvalue weighted by molar-refractivity contribution is 6.21. The SMILES string of the molecule is CC1CC2(c3ccccc3)C(=O)NC(=O)N=C2O1. The lowest BCUT2D eigenvalue weighted by Crippen LogP contribution is -2.53. The molecule has 2 atom stereocenters. The maximum absolute atomic E-state index is 12.3. The summed E-state index contributed by atoms with van der Waals surface area (Å²) in [6.07, 6.45) is 0.357. The van der Waals surface area contributed by atoms with Crippen LogP contribution in [0.1, 0.15) is 18.9 Å². The van der Waals surface area contributed by atoms with Crippen LogP contribution >= 0.6 is 0 Å². The van der Waals surface area contributed by atoms with Gasteiger partial charge in [0.2, 0.25) is 11.8 Å². The fourth-order valence-electron chi connectivity index (χ4n) is 2.58. The first-order chi connectivity index (χ1) is 8.63. The van der Waals surface area contributed by atoms with Gasteiger partial charge in [-0.05, 0) is 12.5 Å². The first kappa shape index (κ1) is 11.0. The molecule has 0 aromatic heterocycles. The second kappa shape index (κ2) is 3.66. The first-order valence-corrected chi connectivity index (χ1v) is 5.80. The molecule has 0 radical (unpaired) electrons. The number of benzene rings is 1. The Balaban J connectivity index is 2.20. The predicted molar refractivity (Wildman–Crippen MR) is 64.3 cm³/mol. The van der Waals surface area contributed by atoms with Crippen molar-refractivity contribution in [2.75, 3.05) is 0 Å². The second-order valence-corrected chi connectivity index (χ2v) is 4.58. The highest BCUT2D eigenvalue weighted by Gasteiger charge is 2.55. The van der Waals surface area contributed by atoms with Crippen LogP contribution in [0, 0.1) is 0 Å². The highest BCUT2D eigenvalue weighted by Crippen LogP contribution is 2.40. The Morgan fingerprint density at radius 3 is 2.78 bits per heavy atom. The molecule has 1 aromatic carbocycles. The smallest absolute Gasteiger partial charge is 0.350 e. The predicted octanol–water partition coefficient (Wildman–Crippen LogP) is 1.38. The van der Waals surface area contributed by atoms with E-state index in [1.165, 1.54) is 0 Å². The molecule has 1 aromatic rings. The molecule has 1 saturated heterocycles. The van der Waals surface area contributed by atoms with Gasteiger partial charge in [0.1, 0.15) is 0 Å². The number of imide groups is 1. The zero-order valence-corrected chi connectivity index (χ0v) is 9.84. The molecule has 2 aliphatic heterocycles. The first-order valence-electron chi connectivity index (χ1n) is 5.80. The van der Waals surface area contributed by atoms with Crippen molar-refractivity contribution in [3.63, 3.8) is 0 Å². The molecule has 2 aliphatic rings. The van der Waals surface area contributed by atoms with Gasteiger partial charge < -0.3 is 4.74 Å². The number of hydrogen-bond acceptors (Lipinski definition) is 3. The number of aliphatic imine (C=N–C) groups is 1. The minimum Gasteiger partial charge on any atom is -0.477 e. The Bertz CT molecular complexity index is 553. The van der Waals surface area contributed by atoms with E-state index >= 15 is 0 Å². The third-order valence-corrected chi connectivity index (χ3v) is 3.35. The van der Waals surface area contributed by atoms with E-state index in [9.17, 15) is 9.59 Å². The molecular formula is C13H12N2O3. The van der Waals surface area contributed by atoms with Crippen LogP contribution < -0.4 is 5.32 Å². The zero-order chi connectivity index (χ0) is 12.8. The fourth-order valence-corrected chi connectivity index (χ4v) is 2.58. The molecule has 18 heavy (non-hydrogen) atoms. The molecule has 1 N–H and O–H groups in total. The number of hydrogen-bond donors (Lipinski definition) is 1. The molecule has 3 rings (SSSR count). The standard InChI is InChI=1S/C13H12N2O3/c1-8-7-13(9-5-3-2-4-6-9)10(16)14-12(17)15-11(13)18-8/h2-6,8H,7H2,1H3,(H,14,16,17). The van der Waals surface area contributed by atoms with Crippen LogP contribution in [0.2, 0.25) is 0 Å². The largest absolute Gasteiger partial charge is 0.477 e. The minimum atomic E-state index is -0.950. The number of carbonyl (C=O) groups excluding carboxylic acids is 2. The van der Waals surface area contributed by atoms with Gasteiger partial charge in [0.05, 0.1) is 6.10 Å². The van der Waals surface area contributed by atoms with Gasteiger partial charge in [-0.2, -0.15) is 4.99 Å². The molecule has 1 fully saturated rings. The lowest BCUT2D eigenvalue weighted by molar-refractivity contribution is -0.123. The van der Waals surface area contributed by atoms with Gasteiger partial charge in [-0.3, -0.25) is 10.1 Å². The van der Waals surface area contributed by atoms with Gasteiger partial charge in [0.25, 0.3) is 0 Å². The number of amides is 3. The van der Waals surface area contributed by atoms with Gasteiger partial charge in [-0.25, -0.2) is 4.79 Å². The topological polar surface area (TPSA) is 67.8 Å². The van der Waals surface area contributed by atoms with E-state index in [1.807, 2.05) is 37.3 Å². The van der Waals surface area contributed by atoms with Gasteiger partial charge in [-0.15, -0.1) is 0 Å². The summed E-state index contributed by atoms with van der Waals surface area (Å²) in [5.41, 5.74) is -0.146. The number of rotatable bonds is 1. The summed E-state index contributed by atoms with van der Waals surface area (Å²) in [4.78, 5) is 27.4. The van der Waals surface area contributed by atoms with Crippen molar-refractivity contribution >= 4 is 17.8 Å². The van der Waals surface area contributed by atoms with Crippen molar-refractivity contribution in [2.45, 2.75) is 24.9 Å². The quantitative estimate of drug-likeness (QED) is 0.811. The van der Waals surface area contributed by atoms with Gasteiger partial charge in [-0.1, -0.05) is 30.3 Å². The maximum Gasteiger partial charge on any atom is 0.350 e. The van der Waals surface area contributed by atoms with Crippen LogP contribution in [0.5, 0.6) is 0 Å². The number of carbonyl (C=O) groups is 2. The molecule has 2 unspecified atom stereocenters. The number of fused-ring (bicyclic) bond motifs is 1. The van der Waals surface area contributed by atoms with E-state index in [0.717, 1.165) is 5.56 Å². The van der Waals surface area contributed by atoms with Crippen LogP contribution in [0.15, 0.2) is 35.3 Å². The molecule has 0 bridgehead atoms. The third kappa shape index (κ3) is 1.37. The van der Waals surface area contributed by atoms with E-state index < -0.39 is 11.4 Å². The van der Waals surface area contributed by atoms with Crippen LogP contribution in [-0.2, 0) is 14.9 Å². The molecule has 0 spiro atoms. The minimum absolute atomic E-state index is 0.138. The van der Waals surface area contributed by atoms with Crippen LogP contribution in [-0.4, -0.2) is 23.9 Å². The summed E-state index contributed by atoms with van der Waals surface area (Å²) in [6, 6.07) is 8.64. The van der Waals surface area contributed by atoms with E-state index in [1.54, 1.807) is 0 Å². The molecular weight excluding hydrogens is 232 g/mol. The molecule has 92 valence electrons. The number of urea groups is 1. The molecule has 3 amide bonds. The third-order valence-electron chi connectivity index (χ3n) is 3.35. The molecule has 0 saturated carbocycles. The average molecular weight is 244 g/mol. The zero-order valence-electron chi connectivity index (χ0n) is 9.84. The van der Waals surface area contributed by atoms with Crippen molar-refractivity contribution in [2.24, 2.45) is 4.99 Å². The Hall–Kier alpha value is -2.17. The van der Waals surface area contributed by atoms with Crippen molar-refractivity contribution in [3.8, 4) is 0 Å². The van der Waals surface area contributed by atoms with Crippen molar-refractivity contribution in [1.82, 2.24) is 5.32 Å². The number of nitrogens with one attached hydrogen (secondary N) is 1. The van der Waals surface area contributed by atoms with Crippen molar-refractivity contribution in [3.05, 3.63) is 35.9 Å². The summed E-state index contributed by atoms with van der Waals surface area (Å²) in [7, 11) is 0. The van der Waals surface area contributed by atoms with E-state index in [2.05, 4.69) is 10.3 Å². The molecule has 5 heteroatoms. The molecule has 5 nitrogen and oxygen atoms in total. The van der Waals surface area contributed by atoms with Gasteiger partial charge in [0, 0.05) is 6.42 Å². The molecule has 2 heterocycles. The lowest BCUT2D eigenvalue weighted by atomic mass is 9.76. The summed E-state index contributed by atoms with van der Waals surface area (Å²) >= 11 is 0. The van der Waals surface area contributed by atoms with E-state index in [-0.39, 0.29) is 17.9 Å². The van der Waals surface area contributed by atoms with Crippen LogP contribution in [0.3, 0.4) is 0 Å². The maximum atomic E-state index is 12.3. The van der Waals surface area contributed by atoms with E-state index in [0.29, 0.717) is 6.42 Å². The van der Waals surface area contributed by atoms with Gasteiger partial charge in [0.15, 0.2) is 5.41 Å². The number of ether oxygens (including phenoxy) is 1. The highest BCUT2D eigenvalue weighted by atomic mass is 16.5. The van der Waals surface area contributed by atoms with Crippen LogP contribution in [0.25, 0.3) is 0 Å². The summed E-state index contributed by atoms with van der Waals surface area (Å²) in [6.45, 7) is 1.86. The lowest BCUT2D eigenvalue weighted by Gasteiger charge is -2.28. The van der Waals surface area contributed by atoms with Crippen molar-refractivity contribution in [1.29, 1.82) is 0 Å². The Kier molecular flexibility index (Phi) is 2.23. The summed E-state index contributed by atoms with van der Waals surface area (Å²) in [5, 5.41) is 2.27. The monoisotopic (exact) mass is 244 g/mol. The van der Waals surface area contributed by atoms with Gasteiger partial charge >= 0.3 is 6.03 Å². The molecule has 0 aliphatic carbocycles. The summed E-state index contributed by atoms with van der Waals surface area (Å²) < 4.78 is 5.53.